The Hall–Kier alpha value is -6.94. The minimum absolute atomic E-state index is 0.103. The fourth-order valence-corrected chi connectivity index (χ4v) is 11.1. The van der Waals surface area contributed by atoms with Gasteiger partial charge in [0.25, 0.3) is 50.6 Å². The Labute approximate surface area is 483 Å². The van der Waals surface area contributed by atoms with Crippen molar-refractivity contribution in [2.75, 3.05) is 57.2 Å². The molecule has 0 aliphatic rings. The van der Waals surface area contributed by atoms with E-state index in [2.05, 4.69) is 60.5 Å². The molecule has 4 unspecified atom stereocenters. The lowest BCUT2D eigenvalue weighted by Crippen LogP contribution is -2.37. The Morgan fingerprint density at radius 1 is 0.464 bits per heavy atom. The Balaban J connectivity index is 1.40. The predicted molar refractivity (Wildman–Crippen MR) is 298 cm³/mol. The van der Waals surface area contributed by atoms with Crippen LogP contribution in [0.2, 0.25) is 0 Å². The Morgan fingerprint density at radius 2 is 0.821 bits per heavy atom. The zero-order chi connectivity index (χ0) is 62.3. The standard InChI is InChI=1S/C44H52N12O22S6/c1-23(57)19-55(20-24(2)58)43-51-39(49-41(53-43)47-33-17-31(79-78-77-61)11-13-35(33)81(65,66)67)45-29-9-7-27(37(15-29)83(71,72)73)5-6-28-8-10-30(16-38(28)84(74,75)76)46-40-50-42(54-44(52-40)56(21-25(3)59)22-26(4)60)48-34-18-32(80(62,63)64)12-14-36(34)82(68,69)70/h5-18,23-26,57-61H,19-22H2,1-4H3,(H,62,63,64)(H,65,66,67)(H,68,69,70)(H,71,72,73)(H,74,75,76)(H2,45,47,49,51,53)(H2,46,48,50,52,54)/b6-5+. The predicted octanol–water partition coefficient (Wildman–Crippen LogP) is 3.00. The molecule has 0 amide bonds. The largest absolute Gasteiger partial charge is 0.392 e. The van der Waals surface area contributed by atoms with E-state index in [0.29, 0.717) is 30.2 Å². The van der Waals surface area contributed by atoms with Gasteiger partial charge in [0.1, 0.15) is 19.6 Å². The van der Waals surface area contributed by atoms with Crippen LogP contribution in [0.3, 0.4) is 0 Å². The monoisotopic (exact) mass is 1290 g/mol. The molecule has 4 atom stereocenters. The first-order valence-electron chi connectivity index (χ1n) is 23.6. The van der Waals surface area contributed by atoms with Crippen molar-refractivity contribution in [3.63, 3.8) is 0 Å². The summed E-state index contributed by atoms with van der Waals surface area (Å²) in [7, 11) is -25.4. The highest BCUT2D eigenvalue weighted by Crippen LogP contribution is 2.34. The van der Waals surface area contributed by atoms with Gasteiger partial charge in [-0.15, -0.1) is 4.33 Å². The Bertz CT molecular complexity index is 4000. The molecule has 0 spiro atoms. The van der Waals surface area contributed by atoms with Crippen LogP contribution >= 0.6 is 12.0 Å². The molecule has 34 nitrogen and oxygen atoms in total. The van der Waals surface area contributed by atoms with E-state index in [9.17, 15) is 85.3 Å². The zero-order valence-electron chi connectivity index (χ0n) is 43.6. The summed E-state index contributed by atoms with van der Waals surface area (Å²) in [4.78, 5) is 24.1. The van der Waals surface area contributed by atoms with Gasteiger partial charge in [-0.3, -0.25) is 22.8 Å². The van der Waals surface area contributed by atoms with Crippen molar-refractivity contribution >= 4 is 133 Å². The fraction of sp³-hybridized carbons (Fsp3) is 0.273. The number of aromatic nitrogens is 6. The summed E-state index contributed by atoms with van der Waals surface area (Å²) in [6.45, 7) is 4.72. The van der Waals surface area contributed by atoms with Crippen LogP contribution in [0.4, 0.5) is 58.4 Å². The third kappa shape index (κ3) is 18.8. The van der Waals surface area contributed by atoms with Gasteiger partial charge in [-0.2, -0.15) is 72.0 Å². The Kier molecular flexibility index (Phi) is 21.3. The van der Waals surface area contributed by atoms with Crippen LogP contribution in [0.5, 0.6) is 0 Å². The molecule has 0 aliphatic heterocycles. The van der Waals surface area contributed by atoms with Gasteiger partial charge in [0, 0.05) is 42.4 Å². The van der Waals surface area contributed by atoms with E-state index in [1.807, 2.05) is 0 Å². The molecule has 0 bridgehead atoms. The quantitative estimate of drug-likeness (QED) is 0.0110. The van der Waals surface area contributed by atoms with Gasteiger partial charge in [-0.25, -0.2) is 5.26 Å². The van der Waals surface area contributed by atoms with E-state index in [-0.39, 0.29) is 71.2 Å². The minimum Gasteiger partial charge on any atom is -0.392 e. The van der Waals surface area contributed by atoms with Crippen molar-refractivity contribution in [1.82, 2.24) is 29.9 Å². The molecule has 0 saturated heterocycles. The van der Waals surface area contributed by atoms with Crippen LogP contribution in [-0.2, 0) is 60.0 Å². The third-order valence-electron chi connectivity index (χ3n) is 10.7. The van der Waals surface area contributed by atoms with E-state index >= 15 is 0 Å². The second-order valence-electron chi connectivity index (χ2n) is 18.0. The van der Waals surface area contributed by atoms with E-state index in [4.69, 9.17) is 5.26 Å². The highest BCUT2D eigenvalue weighted by molar-refractivity contribution is 7.94. The first kappa shape index (κ1) is 66.2. The Morgan fingerprint density at radius 3 is 1.17 bits per heavy atom. The molecule has 84 heavy (non-hydrogen) atoms. The molecule has 6 rings (SSSR count). The van der Waals surface area contributed by atoms with Crippen LogP contribution in [0.25, 0.3) is 12.2 Å². The molecule has 0 saturated carbocycles. The molecule has 2 aromatic heterocycles. The van der Waals surface area contributed by atoms with Crippen LogP contribution in [0, 0.1) is 0 Å². The van der Waals surface area contributed by atoms with Crippen LogP contribution in [-0.4, -0.2) is 171 Å². The maximum Gasteiger partial charge on any atom is 0.296 e. The lowest BCUT2D eigenvalue weighted by atomic mass is 10.1. The summed E-state index contributed by atoms with van der Waals surface area (Å²) >= 11 is 0.418. The van der Waals surface area contributed by atoms with Crippen LogP contribution < -0.4 is 31.1 Å². The third-order valence-corrected chi connectivity index (χ3v) is 15.8. The molecular formula is C44H52N12O22S6. The van der Waals surface area contributed by atoms with E-state index in [0.717, 1.165) is 48.6 Å². The first-order chi connectivity index (χ1) is 39.0. The van der Waals surface area contributed by atoms with E-state index in [1.54, 1.807) is 0 Å². The highest BCUT2D eigenvalue weighted by atomic mass is 32.2. The summed E-state index contributed by atoms with van der Waals surface area (Å²) in [5, 5.41) is 63.9. The summed E-state index contributed by atoms with van der Waals surface area (Å²) < 4.78 is 180. The maximum absolute atomic E-state index is 13.0. The molecular weight excluding hydrogens is 1240 g/mol. The number of hydrogen-bond donors (Lipinski definition) is 14. The van der Waals surface area contributed by atoms with Crippen LogP contribution in [0.15, 0.2) is 102 Å². The highest BCUT2D eigenvalue weighted by Gasteiger charge is 2.26. The van der Waals surface area contributed by atoms with Crippen molar-refractivity contribution in [1.29, 1.82) is 0 Å². The maximum atomic E-state index is 13.0. The van der Waals surface area contributed by atoms with Gasteiger partial charge in [0.05, 0.1) is 52.7 Å². The minimum atomic E-state index is -5.19. The molecule has 0 fully saturated rings. The van der Waals surface area contributed by atoms with Gasteiger partial charge in [-0.1, -0.05) is 29.3 Å². The van der Waals surface area contributed by atoms with Crippen molar-refractivity contribution in [3.05, 3.63) is 83.9 Å². The number of rotatable bonds is 28. The van der Waals surface area contributed by atoms with Crippen molar-refractivity contribution < 1.29 is 99.9 Å². The number of nitrogens with zero attached hydrogens (tertiary/aromatic N) is 8. The van der Waals surface area contributed by atoms with E-state index in [1.165, 1.54) is 55.7 Å². The van der Waals surface area contributed by atoms with Gasteiger partial charge >= 0.3 is 0 Å². The van der Waals surface area contributed by atoms with Gasteiger partial charge in [-0.05, 0) is 99.5 Å². The summed E-state index contributed by atoms with van der Waals surface area (Å²) in [6, 6.07) is 11.7. The molecule has 0 radical (unpaired) electrons. The lowest BCUT2D eigenvalue weighted by molar-refractivity contribution is -0.432. The summed E-state index contributed by atoms with van der Waals surface area (Å²) in [5.74, 6) is -2.56. The normalized spacial score (nSPS) is 13.9. The van der Waals surface area contributed by atoms with Crippen molar-refractivity contribution in [2.45, 2.75) is 81.5 Å². The molecule has 4 aromatic carbocycles. The molecule has 6 aromatic rings. The molecule has 456 valence electrons. The first-order valence-corrected chi connectivity index (χ1v) is 31.5. The molecule has 0 aliphatic carbocycles. The molecule has 2 heterocycles. The molecule has 14 N–H and O–H groups in total. The average molecular weight is 1290 g/mol. The zero-order valence-corrected chi connectivity index (χ0v) is 48.5. The lowest BCUT2D eigenvalue weighted by Gasteiger charge is -2.26. The average Bonchev–Trinajstić information content (AvgIpc) is 2.11. The van der Waals surface area contributed by atoms with Gasteiger partial charge in [0.2, 0.25) is 35.7 Å². The van der Waals surface area contributed by atoms with Crippen molar-refractivity contribution in [2.24, 2.45) is 0 Å². The number of benzene rings is 4. The SMILES string of the molecule is CC(O)CN(CC(C)O)c1nc(Nc2ccc(/C=C/c3ccc(Nc4nc(Nc5cc(S(=O)(=O)O)ccc5S(=O)(=O)O)nc(N(CC(C)O)CC(C)O)n4)cc3S(=O)(=O)O)c(S(=O)(=O)O)c2)nc(Nc2cc(SOOO)ccc2S(=O)(=O)O)n1. The van der Waals surface area contributed by atoms with E-state index < -0.39 is 129 Å². The smallest absolute Gasteiger partial charge is 0.296 e. The van der Waals surface area contributed by atoms with Crippen LogP contribution in [0.1, 0.15) is 38.8 Å². The number of hydrogen-bond acceptors (Lipinski definition) is 30. The number of aliphatic hydroxyl groups is 4. The number of anilines is 10. The second-order valence-corrected chi connectivity index (χ2v) is 25.8. The number of aliphatic hydroxyl groups excluding tert-OH is 4. The molecule has 40 heteroatoms. The number of nitrogens with one attached hydrogen (secondary N) is 4. The second kappa shape index (κ2) is 27.0. The fourth-order valence-electron chi connectivity index (χ4n) is 7.54. The van der Waals surface area contributed by atoms with Gasteiger partial charge < -0.3 is 51.5 Å². The summed E-state index contributed by atoms with van der Waals surface area (Å²) in [5.41, 5.74) is -1.99. The van der Waals surface area contributed by atoms with Gasteiger partial charge in [0.15, 0.2) is 0 Å². The topological polar surface area (TPSA) is 523 Å². The van der Waals surface area contributed by atoms with Crippen molar-refractivity contribution in [3.8, 4) is 0 Å². The summed E-state index contributed by atoms with van der Waals surface area (Å²) in [6.07, 6.45) is -2.21.